The molecule has 0 fully saturated rings. The number of fused-ring (bicyclic) bond motifs is 6. The first-order chi connectivity index (χ1) is 22.4. The van der Waals surface area contributed by atoms with Gasteiger partial charge in [-0.3, -0.25) is 19.6 Å². The lowest BCUT2D eigenvalue weighted by atomic mass is 10.00. The third kappa shape index (κ3) is 3.76. The van der Waals surface area contributed by atoms with Crippen LogP contribution in [0.3, 0.4) is 0 Å². The number of hydrogen-bond acceptors (Lipinski definition) is 8. The Balaban J connectivity index is 1.25. The molecular formula is C36H22N8O2. The van der Waals surface area contributed by atoms with Crippen LogP contribution in [-0.4, -0.2) is 39.0 Å². The molecule has 0 atom stereocenters. The van der Waals surface area contributed by atoms with Crippen molar-refractivity contribution in [3.8, 4) is 22.3 Å². The van der Waals surface area contributed by atoms with Crippen molar-refractivity contribution >= 4 is 65.9 Å². The van der Waals surface area contributed by atoms with Crippen LogP contribution in [0.4, 0.5) is 0 Å². The van der Waals surface area contributed by atoms with Gasteiger partial charge in [-0.2, -0.15) is 0 Å². The molecule has 0 bridgehead atoms. The van der Waals surface area contributed by atoms with E-state index in [0.717, 1.165) is 33.3 Å². The van der Waals surface area contributed by atoms with E-state index < -0.39 is 0 Å². The number of aromatic nitrogens is 8. The lowest BCUT2D eigenvalue weighted by molar-refractivity contribution is 0.994. The maximum Gasteiger partial charge on any atom is 0.197 e. The van der Waals surface area contributed by atoms with E-state index in [4.69, 9.17) is 0 Å². The zero-order chi connectivity index (χ0) is 31.1. The van der Waals surface area contributed by atoms with Gasteiger partial charge in [0, 0.05) is 83.9 Å². The van der Waals surface area contributed by atoms with Gasteiger partial charge in [-0.15, -0.1) is 0 Å². The van der Waals surface area contributed by atoms with Crippen LogP contribution >= 0.6 is 0 Å². The Bertz CT molecular complexity index is 2700. The van der Waals surface area contributed by atoms with Gasteiger partial charge in [0.2, 0.25) is 0 Å². The summed E-state index contributed by atoms with van der Waals surface area (Å²) in [4.78, 5) is 54.3. The SMILES string of the molecule is Cn1c2ccc(-c3cnc4nccnc4c3)cc2c(=O)c2cc3c(cc21)c(=O)c1cc(-c2cnc4nccnc4c2)ccc1n3C. The first-order valence-electron chi connectivity index (χ1n) is 14.6. The second-order valence-corrected chi connectivity index (χ2v) is 11.4. The Kier molecular flexibility index (Phi) is 5.40. The number of pyridine rings is 4. The molecule has 0 saturated heterocycles. The quantitative estimate of drug-likeness (QED) is 0.232. The number of hydrogen-bond donors (Lipinski definition) is 0. The van der Waals surface area contributed by atoms with Crippen LogP contribution in [0.2, 0.25) is 0 Å². The van der Waals surface area contributed by atoms with Crippen LogP contribution in [0.5, 0.6) is 0 Å². The second-order valence-electron chi connectivity index (χ2n) is 11.4. The molecule has 0 saturated carbocycles. The van der Waals surface area contributed by atoms with Crippen LogP contribution in [0.15, 0.2) is 107 Å². The molecule has 3 aromatic carbocycles. The highest BCUT2D eigenvalue weighted by Gasteiger charge is 2.16. The Hall–Kier alpha value is -6.42. The Morgan fingerprint density at radius 3 is 1.30 bits per heavy atom. The minimum atomic E-state index is -0.102. The number of nitrogens with zero attached hydrogens (tertiary/aromatic N) is 8. The lowest BCUT2D eigenvalue weighted by Gasteiger charge is -2.15. The summed E-state index contributed by atoms with van der Waals surface area (Å²) in [7, 11) is 3.84. The van der Waals surface area contributed by atoms with E-state index in [9.17, 15) is 9.59 Å². The van der Waals surface area contributed by atoms with E-state index in [2.05, 4.69) is 29.9 Å². The van der Waals surface area contributed by atoms with Gasteiger partial charge in [-0.05, 0) is 59.7 Å². The maximum absolute atomic E-state index is 14.1. The summed E-state index contributed by atoms with van der Waals surface area (Å²) in [5, 5.41) is 2.23. The fourth-order valence-corrected chi connectivity index (χ4v) is 6.46. The standard InChI is InChI=1S/C36H22N8O2/c1-43-29-5-3-19(21-13-27-35(41-17-21)39-9-7-37-27)11-23(29)33(45)25-16-32-26(15-31(25)43)34(46)24-12-20(4-6-30(24)44(32)2)22-14-28-36(42-18-22)40-10-8-38-28/h3-18H,1-2H3. The lowest BCUT2D eigenvalue weighted by Crippen LogP contribution is -2.13. The summed E-state index contributed by atoms with van der Waals surface area (Å²) in [6.45, 7) is 0. The van der Waals surface area contributed by atoms with E-state index in [1.165, 1.54) is 0 Å². The molecule has 6 aromatic heterocycles. The summed E-state index contributed by atoms with van der Waals surface area (Å²) < 4.78 is 3.95. The fraction of sp³-hybridized carbons (Fsp3) is 0.0556. The smallest absolute Gasteiger partial charge is 0.197 e. The molecule has 0 unspecified atom stereocenters. The molecular weight excluding hydrogens is 576 g/mol. The van der Waals surface area contributed by atoms with Crippen LogP contribution in [0.1, 0.15) is 0 Å². The van der Waals surface area contributed by atoms with Gasteiger partial charge in [0.15, 0.2) is 22.2 Å². The molecule has 0 amide bonds. The second kappa shape index (κ2) is 9.54. The van der Waals surface area contributed by atoms with Crippen molar-refractivity contribution in [1.29, 1.82) is 0 Å². The summed E-state index contributed by atoms with van der Waals surface area (Å²) in [5.41, 5.74) is 8.59. The molecule has 10 nitrogen and oxygen atoms in total. The van der Waals surface area contributed by atoms with Gasteiger partial charge in [0.05, 0.1) is 22.1 Å². The summed E-state index contributed by atoms with van der Waals surface area (Å²) in [5.74, 6) is 0. The molecule has 0 aliphatic heterocycles. The molecule has 9 rings (SSSR count). The van der Waals surface area contributed by atoms with E-state index in [0.29, 0.717) is 54.9 Å². The van der Waals surface area contributed by atoms with E-state index in [1.54, 1.807) is 37.2 Å². The highest BCUT2D eigenvalue weighted by molar-refractivity contribution is 6.04. The number of aryl methyl sites for hydroxylation is 2. The molecule has 10 heteroatoms. The minimum Gasteiger partial charge on any atom is -0.343 e. The molecule has 9 aromatic rings. The summed E-state index contributed by atoms with van der Waals surface area (Å²) >= 11 is 0. The highest BCUT2D eigenvalue weighted by Crippen LogP contribution is 2.30. The van der Waals surface area contributed by atoms with Crippen molar-refractivity contribution in [3.05, 3.63) is 118 Å². The molecule has 0 N–H and O–H groups in total. The van der Waals surface area contributed by atoms with Gasteiger partial charge < -0.3 is 9.13 Å². The van der Waals surface area contributed by atoms with Crippen LogP contribution in [-0.2, 0) is 14.1 Å². The first-order valence-corrected chi connectivity index (χ1v) is 14.6. The molecule has 0 radical (unpaired) electrons. The molecule has 0 aliphatic carbocycles. The molecule has 6 heterocycles. The first kappa shape index (κ1) is 26.0. The van der Waals surface area contributed by atoms with Gasteiger partial charge in [0.25, 0.3) is 0 Å². The monoisotopic (exact) mass is 598 g/mol. The molecule has 0 aliphatic rings. The summed E-state index contributed by atoms with van der Waals surface area (Å²) in [6.07, 6.45) is 9.97. The van der Waals surface area contributed by atoms with Crippen LogP contribution < -0.4 is 10.9 Å². The zero-order valence-electron chi connectivity index (χ0n) is 24.6. The zero-order valence-corrected chi connectivity index (χ0v) is 24.6. The van der Waals surface area contributed by atoms with Gasteiger partial charge in [0.1, 0.15) is 11.0 Å². The van der Waals surface area contributed by atoms with E-state index >= 15 is 0 Å². The van der Waals surface area contributed by atoms with Crippen molar-refractivity contribution in [2.75, 3.05) is 0 Å². The Morgan fingerprint density at radius 1 is 0.435 bits per heavy atom. The fourth-order valence-electron chi connectivity index (χ4n) is 6.46. The average Bonchev–Trinajstić information content (AvgIpc) is 3.11. The Morgan fingerprint density at radius 2 is 0.848 bits per heavy atom. The van der Waals surface area contributed by atoms with Crippen LogP contribution in [0.25, 0.3) is 88.2 Å². The van der Waals surface area contributed by atoms with Gasteiger partial charge in [-0.1, -0.05) is 12.1 Å². The van der Waals surface area contributed by atoms with Crippen molar-refractivity contribution in [2.24, 2.45) is 14.1 Å². The maximum atomic E-state index is 14.1. The van der Waals surface area contributed by atoms with Gasteiger partial charge in [-0.25, -0.2) is 19.9 Å². The van der Waals surface area contributed by atoms with E-state index in [1.807, 2.05) is 83.9 Å². The third-order valence-corrected chi connectivity index (χ3v) is 8.85. The number of benzene rings is 3. The predicted octanol–water partition coefficient (Wildman–Crippen LogP) is 5.71. The highest BCUT2D eigenvalue weighted by atomic mass is 16.1. The minimum absolute atomic E-state index is 0.102. The third-order valence-electron chi connectivity index (χ3n) is 8.85. The predicted molar refractivity (Wildman–Crippen MR) is 180 cm³/mol. The van der Waals surface area contributed by atoms with E-state index in [-0.39, 0.29) is 10.9 Å². The van der Waals surface area contributed by atoms with Gasteiger partial charge >= 0.3 is 0 Å². The molecule has 0 spiro atoms. The summed E-state index contributed by atoms with van der Waals surface area (Å²) in [6, 6.07) is 19.1. The molecule has 218 valence electrons. The number of rotatable bonds is 2. The van der Waals surface area contributed by atoms with Crippen molar-refractivity contribution in [1.82, 2.24) is 39.0 Å². The normalized spacial score (nSPS) is 11.9. The largest absolute Gasteiger partial charge is 0.343 e. The topological polar surface area (TPSA) is 121 Å². The van der Waals surface area contributed by atoms with Crippen LogP contribution in [0, 0.1) is 0 Å². The van der Waals surface area contributed by atoms with Crippen molar-refractivity contribution in [3.63, 3.8) is 0 Å². The molecule has 46 heavy (non-hydrogen) atoms. The average molecular weight is 599 g/mol. The van der Waals surface area contributed by atoms with Crippen molar-refractivity contribution in [2.45, 2.75) is 0 Å². The van der Waals surface area contributed by atoms with Crippen molar-refractivity contribution < 1.29 is 0 Å². The Labute approximate surface area is 259 Å².